The maximum Gasteiger partial charge on any atom is 0.234 e. The summed E-state index contributed by atoms with van der Waals surface area (Å²) in [4.78, 5) is 2.40. The molecule has 0 aliphatic carbocycles. The predicted molar refractivity (Wildman–Crippen MR) is 152 cm³/mol. The Bertz CT molecular complexity index is 1370. The van der Waals surface area contributed by atoms with Crippen molar-refractivity contribution in [2.75, 3.05) is 56.6 Å². The molecule has 1 aliphatic heterocycles. The van der Waals surface area contributed by atoms with Crippen LogP contribution in [0.3, 0.4) is 0 Å². The van der Waals surface area contributed by atoms with E-state index in [-0.39, 0.29) is 5.75 Å². The number of hydrogen-bond acceptors (Lipinski definition) is 6. The summed E-state index contributed by atoms with van der Waals surface area (Å²) in [6.07, 6.45) is 2.40. The highest BCUT2D eigenvalue weighted by Crippen LogP contribution is 2.36. The fourth-order valence-corrected chi connectivity index (χ4v) is 6.29. The van der Waals surface area contributed by atoms with Crippen LogP contribution in [0, 0.1) is 11.3 Å². The Morgan fingerprint density at radius 2 is 1.82 bits per heavy atom. The maximum atomic E-state index is 12.6. The number of aryl methyl sites for hydroxylation is 1. The third-order valence-corrected chi connectivity index (χ3v) is 8.98. The highest BCUT2D eigenvalue weighted by Gasteiger charge is 2.21. The lowest BCUT2D eigenvalue weighted by atomic mass is 10.1. The van der Waals surface area contributed by atoms with E-state index in [0.29, 0.717) is 30.8 Å². The third kappa shape index (κ3) is 6.15. The van der Waals surface area contributed by atoms with Crippen LogP contribution in [0.5, 0.6) is 5.75 Å². The van der Waals surface area contributed by atoms with Gasteiger partial charge in [-0.3, -0.25) is 9.21 Å². The number of sulfonamides is 1. The van der Waals surface area contributed by atoms with Crippen LogP contribution < -0.4 is 9.04 Å². The molecule has 1 saturated heterocycles. The number of benzene rings is 2. The Hall–Kier alpha value is -3.06. The standard InChI is InChI=1S/C29H38N4O4S/c1-4-6-20-38(34,35)31(3)24-10-8-23(9-11-24)29-27(22-30)26-13-12-25(21-28(26)33(29)5-2)37-17-7-14-32-15-18-36-19-16-32/h8-13,21H,4-7,14-20H2,1-3H3. The SMILES string of the molecule is CCCCS(=O)(=O)N(C)c1ccc(-c2c(C#N)c3ccc(OCCCN4CCOCC4)cc3n2CC)cc1. The molecule has 0 atom stereocenters. The summed E-state index contributed by atoms with van der Waals surface area (Å²) < 4.78 is 40.2. The molecule has 0 amide bonds. The third-order valence-electron chi connectivity index (χ3n) is 7.13. The molecule has 1 aromatic heterocycles. The van der Waals surface area contributed by atoms with Gasteiger partial charge in [-0.1, -0.05) is 25.5 Å². The second-order valence-electron chi connectivity index (χ2n) is 9.60. The maximum absolute atomic E-state index is 12.6. The smallest absolute Gasteiger partial charge is 0.234 e. The van der Waals surface area contributed by atoms with Crippen LogP contribution in [0.15, 0.2) is 42.5 Å². The van der Waals surface area contributed by atoms with Gasteiger partial charge < -0.3 is 14.0 Å². The molecule has 4 rings (SSSR count). The lowest BCUT2D eigenvalue weighted by Crippen LogP contribution is -2.37. The summed E-state index contributed by atoms with van der Waals surface area (Å²) >= 11 is 0. The zero-order valence-corrected chi connectivity index (χ0v) is 23.5. The molecule has 38 heavy (non-hydrogen) atoms. The van der Waals surface area contributed by atoms with Gasteiger partial charge in [0.1, 0.15) is 11.8 Å². The summed E-state index contributed by atoms with van der Waals surface area (Å²) in [5.41, 5.74) is 3.87. The van der Waals surface area contributed by atoms with E-state index in [4.69, 9.17) is 9.47 Å². The van der Waals surface area contributed by atoms with Gasteiger partial charge in [0, 0.05) is 44.7 Å². The molecule has 3 aromatic rings. The number of ether oxygens (including phenoxy) is 2. The minimum absolute atomic E-state index is 0.127. The zero-order valence-electron chi connectivity index (χ0n) is 22.6. The van der Waals surface area contributed by atoms with Crippen LogP contribution in [0.25, 0.3) is 22.2 Å². The second kappa shape index (κ2) is 12.7. The Labute approximate surface area is 226 Å². The van der Waals surface area contributed by atoms with E-state index in [2.05, 4.69) is 22.5 Å². The minimum Gasteiger partial charge on any atom is -0.493 e. The first-order chi connectivity index (χ1) is 18.4. The van der Waals surface area contributed by atoms with Gasteiger partial charge >= 0.3 is 0 Å². The average Bonchev–Trinajstić information content (AvgIpc) is 3.27. The number of unbranched alkanes of at least 4 members (excludes halogenated alkanes) is 1. The first kappa shape index (κ1) is 28.0. The van der Waals surface area contributed by atoms with Crippen LogP contribution in [-0.2, 0) is 21.3 Å². The minimum atomic E-state index is -3.37. The first-order valence-electron chi connectivity index (χ1n) is 13.5. The largest absolute Gasteiger partial charge is 0.493 e. The molecule has 204 valence electrons. The summed E-state index contributed by atoms with van der Waals surface area (Å²) in [5, 5.41) is 11.0. The van der Waals surface area contributed by atoms with E-state index in [1.54, 1.807) is 19.2 Å². The van der Waals surface area contributed by atoms with Gasteiger partial charge in [0.15, 0.2) is 0 Å². The normalized spacial score (nSPS) is 14.5. The van der Waals surface area contributed by atoms with E-state index >= 15 is 0 Å². The number of nitriles is 1. The van der Waals surface area contributed by atoms with Gasteiger partial charge in [0.25, 0.3) is 0 Å². The van der Waals surface area contributed by atoms with E-state index in [1.165, 1.54) is 4.31 Å². The molecule has 9 heteroatoms. The van der Waals surface area contributed by atoms with Crippen molar-refractivity contribution in [1.82, 2.24) is 9.47 Å². The molecule has 8 nitrogen and oxygen atoms in total. The summed E-state index contributed by atoms with van der Waals surface area (Å²) in [5.74, 6) is 0.916. The lowest BCUT2D eigenvalue weighted by Gasteiger charge is -2.26. The van der Waals surface area contributed by atoms with Gasteiger partial charge in [-0.25, -0.2) is 8.42 Å². The van der Waals surface area contributed by atoms with Gasteiger partial charge in [-0.15, -0.1) is 0 Å². The Kier molecular flexibility index (Phi) is 9.31. The van der Waals surface area contributed by atoms with E-state index in [1.807, 2.05) is 37.3 Å². The molecule has 0 spiro atoms. The van der Waals surface area contributed by atoms with Gasteiger partial charge in [0.05, 0.1) is 48.0 Å². The molecule has 2 aromatic carbocycles. The highest BCUT2D eigenvalue weighted by atomic mass is 32.2. The molecule has 0 bridgehead atoms. The van der Waals surface area contributed by atoms with Crippen molar-refractivity contribution >= 4 is 26.6 Å². The van der Waals surface area contributed by atoms with Gasteiger partial charge in [-0.2, -0.15) is 5.26 Å². The van der Waals surface area contributed by atoms with Crippen molar-refractivity contribution in [2.45, 2.75) is 39.7 Å². The summed E-state index contributed by atoms with van der Waals surface area (Å²) in [6, 6.07) is 15.7. The first-order valence-corrected chi connectivity index (χ1v) is 15.1. The number of nitrogens with zero attached hydrogens (tertiary/aromatic N) is 4. The Morgan fingerprint density at radius 3 is 2.47 bits per heavy atom. The van der Waals surface area contributed by atoms with E-state index in [0.717, 1.165) is 73.6 Å². The number of rotatable bonds is 12. The highest BCUT2D eigenvalue weighted by molar-refractivity contribution is 7.92. The molecular weight excluding hydrogens is 500 g/mol. The quantitative estimate of drug-likeness (QED) is 0.306. The number of morpholine rings is 1. The van der Waals surface area contributed by atoms with Gasteiger partial charge in [-0.05, 0) is 49.6 Å². The fourth-order valence-electron chi connectivity index (χ4n) is 4.92. The summed E-state index contributed by atoms with van der Waals surface area (Å²) in [6.45, 7) is 9.88. The van der Waals surface area contributed by atoms with Crippen LogP contribution in [-0.4, -0.2) is 70.1 Å². The molecule has 1 fully saturated rings. The zero-order chi connectivity index (χ0) is 27.1. The Balaban J connectivity index is 1.55. The predicted octanol–water partition coefficient (Wildman–Crippen LogP) is 4.87. The number of fused-ring (bicyclic) bond motifs is 1. The van der Waals surface area contributed by atoms with E-state index in [9.17, 15) is 13.7 Å². The van der Waals surface area contributed by atoms with Crippen molar-refractivity contribution < 1.29 is 17.9 Å². The van der Waals surface area contributed by atoms with Crippen LogP contribution >= 0.6 is 0 Å². The molecule has 0 unspecified atom stereocenters. The van der Waals surface area contributed by atoms with Crippen molar-refractivity contribution in [3.05, 3.63) is 48.0 Å². The molecule has 0 radical (unpaired) electrons. The molecule has 0 N–H and O–H groups in total. The number of hydrogen-bond donors (Lipinski definition) is 0. The van der Waals surface area contributed by atoms with Crippen LogP contribution in [0.4, 0.5) is 5.69 Å². The molecular formula is C29H38N4O4S. The Morgan fingerprint density at radius 1 is 1.08 bits per heavy atom. The van der Waals surface area contributed by atoms with Crippen LogP contribution in [0.1, 0.15) is 38.7 Å². The molecule has 2 heterocycles. The van der Waals surface area contributed by atoms with Crippen molar-refractivity contribution in [3.8, 4) is 23.1 Å². The topological polar surface area (TPSA) is 87.8 Å². The monoisotopic (exact) mass is 538 g/mol. The lowest BCUT2D eigenvalue weighted by molar-refractivity contribution is 0.0358. The molecule has 0 saturated carbocycles. The van der Waals surface area contributed by atoms with Crippen molar-refractivity contribution in [3.63, 3.8) is 0 Å². The number of anilines is 1. The van der Waals surface area contributed by atoms with Gasteiger partial charge in [0.2, 0.25) is 10.0 Å². The molecule has 1 aliphatic rings. The summed E-state index contributed by atoms with van der Waals surface area (Å²) in [7, 11) is -1.78. The van der Waals surface area contributed by atoms with E-state index < -0.39 is 10.0 Å². The fraction of sp³-hybridized carbons (Fsp3) is 0.483. The van der Waals surface area contributed by atoms with Crippen molar-refractivity contribution in [1.29, 1.82) is 5.26 Å². The van der Waals surface area contributed by atoms with Crippen molar-refractivity contribution in [2.24, 2.45) is 0 Å². The second-order valence-corrected chi connectivity index (χ2v) is 11.7. The number of aromatic nitrogens is 1. The average molecular weight is 539 g/mol. The van der Waals surface area contributed by atoms with Crippen LogP contribution in [0.2, 0.25) is 0 Å².